The van der Waals surface area contributed by atoms with Crippen LogP contribution in [0.4, 0.5) is 10.1 Å². The second-order valence-electron chi connectivity index (χ2n) is 5.68. The molecular formula is C15H15FN2O. The molecule has 0 saturated heterocycles. The molecule has 3 nitrogen and oxygen atoms in total. The van der Waals surface area contributed by atoms with Crippen molar-refractivity contribution in [2.75, 3.05) is 0 Å². The molecule has 1 aromatic rings. The van der Waals surface area contributed by atoms with E-state index in [1.807, 2.05) is 19.9 Å². The van der Waals surface area contributed by atoms with Crippen LogP contribution in [0.15, 0.2) is 23.2 Å². The highest BCUT2D eigenvalue weighted by atomic mass is 19.1. The van der Waals surface area contributed by atoms with Gasteiger partial charge in [0, 0.05) is 24.6 Å². The van der Waals surface area contributed by atoms with Crippen LogP contribution in [0.2, 0.25) is 0 Å². The van der Waals surface area contributed by atoms with Gasteiger partial charge in [0.05, 0.1) is 11.3 Å². The lowest BCUT2D eigenvalue weighted by Crippen LogP contribution is -2.28. The van der Waals surface area contributed by atoms with Crippen molar-refractivity contribution < 1.29 is 9.18 Å². The van der Waals surface area contributed by atoms with Crippen LogP contribution in [0.5, 0.6) is 0 Å². The number of carbonyl (C=O) groups excluding carboxylic acids is 1. The van der Waals surface area contributed by atoms with E-state index in [4.69, 9.17) is 5.26 Å². The van der Waals surface area contributed by atoms with Crippen molar-refractivity contribution in [3.8, 4) is 6.07 Å². The Hall–Kier alpha value is -2.02. The SMILES string of the molecule is CC1(C)CC(=O)CC(=Nc2cc(F)ccc2C#N)C1. The van der Waals surface area contributed by atoms with Crippen molar-refractivity contribution in [2.45, 2.75) is 33.1 Å². The fourth-order valence-corrected chi connectivity index (χ4v) is 2.44. The van der Waals surface area contributed by atoms with E-state index in [-0.39, 0.29) is 11.2 Å². The Balaban J connectivity index is 2.38. The minimum Gasteiger partial charge on any atom is -0.299 e. The molecule has 0 N–H and O–H groups in total. The number of nitriles is 1. The molecule has 0 unspecified atom stereocenters. The van der Waals surface area contributed by atoms with Crippen molar-refractivity contribution >= 4 is 17.2 Å². The highest BCUT2D eigenvalue weighted by Crippen LogP contribution is 2.33. The van der Waals surface area contributed by atoms with Gasteiger partial charge in [0.2, 0.25) is 0 Å². The number of halogens is 1. The molecule has 2 rings (SSSR count). The highest BCUT2D eigenvalue weighted by molar-refractivity contribution is 6.05. The zero-order chi connectivity index (χ0) is 14.0. The van der Waals surface area contributed by atoms with Crippen LogP contribution in [0.25, 0.3) is 0 Å². The van der Waals surface area contributed by atoms with Gasteiger partial charge >= 0.3 is 0 Å². The van der Waals surface area contributed by atoms with E-state index in [1.54, 1.807) is 0 Å². The van der Waals surface area contributed by atoms with Crippen LogP contribution in [0.3, 0.4) is 0 Å². The summed E-state index contributed by atoms with van der Waals surface area (Å²) < 4.78 is 13.2. The smallest absolute Gasteiger partial charge is 0.139 e. The molecule has 1 saturated carbocycles. The van der Waals surface area contributed by atoms with Gasteiger partial charge in [0.15, 0.2) is 0 Å². The van der Waals surface area contributed by atoms with Crippen LogP contribution < -0.4 is 0 Å². The predicted octanol–water partition coefficient (Wildman–Crippen LogP) is 3.55. The Labute approximate surface area is 111 Å². The van der Waals surface area contributed by atoms with Gasteiger partial charge in [-0.2, -0.15) is 5.26 Å². The second-order valence-corrected chi connectivity index (χ2v) is 5.68. The first kappa shape index (κ1) is 13.4. The first-order valence-corrected chi connectivity index (χ1v) is 6.17. The van der Waals surface area contributed by atoms with Gasteiger partial charge in [0.1, 0.15) is 17.7 Å². The molecule has 0 amide bonds. The summed E-state index contributed by atoms with van der Waals surface area (Å²) in [5, 5.41) is 8.98. The molecule has 98 valence electrons. The van der Waals surface area contributed by atoms with E-state index in [2.05, 4.69) is 4.99 Å². The number of carbonyl (C=O) groups is 1. The lowest BCUT2D eigenvalue weighted by Gasteiger charge is -2.29. The van der Waals surface area contributed by atoms with Crippen LogP contribution >= 0.6 is 0 Å². The van der Waals surface area contributed by atoms with Crippen molar-refractivity contribution in [1.82, 2.24) is 0 Å². The minimum absolute atomic E-state index is 0.117. The molecule has 19 heavy (non-hydrogen) atoms. The zero-order valence-corrected chi connectivity index (χ0v) is 11.0. The van der Waals surface area contributed by atoms with E-state index in [1.165, 1.54) is 18.2 Å². The molecule has 0 heterocycles. The predicted molar refractivity (Wildman–Crippen MR) is 70.8 cm³/mol. The van der Waals surface area contributed by atoms with Crippen LogP contribution in [-0.4, -0.2) is 11.5 Å². The number of Topliss-reactive ketones (excluding diaryl/α,β-unsaturated/α-hetero) is 1. The third-order valence-corrected chi connectivity index (χ3v) is 3.12. The fourth-order valence-electron chi connectivity index (χ4n) is 2.44. The zero-order valence-electron chi connectivity index (χ0n) is 11.0. The number of hydrogen-bond donors (Lipinski definition) is 0. The molecule has 0 aromatic heterocycles. The quantitative estimate of drug-likeness (QED) is 0.773. The summed E-state index contributed by atoms with van der Waals surface area (Å²) in [7, 11) is 0. The molecule has 0 bridgehead atoms. The van der Waals surface area contributed by atoms with Gasteiger partial charge < -0.3 is 0 Å². The van der Waals surface area contributed by atoms with Gasteiger partial charge in [-0.25, -0.2) is 4.39 Å². The number of hydrogen-bond acceptors (Lipinski definition) is 3. The van der Waals surface area contributed by atoms with Crippen LogP contribution in [-0.2, 0) is 4.79 Å². The molecule has 1 aliphatic carbocycles. The molecule has 1 fully saturated rings. The van der Waals surface area contributed by atoms with Crippen LogP contribution in [0.1, 0.15) is 38.7 Å². The molecule has 0 spiro atoms. The Bertz CT molecular complexity index is 597. The maximum absolute atomic E-state index is 13.2. The number of rotatable bonds is 1. The third kappa shape index (κ3) is 3.25. The molecule has 1 aliphatic rings. The largest absolute Gasteiger partial charge is 0.299 e. The van der Waals surface area contributed by atoms with E-state index >= 15 is 0 Å². The first-order chi connectivity index (χ1) is 8.89. The summed E-state index contributed by atoms with van der Waals surface area (Å²) in [6.45, 7) is 4.02. The Morgan fingerprint density at radius 1 is 1.37 bits per heavy atom. The standard InChI is InChI=1S/C15H15FN2O/c1-15(2)7-12(6-13(19)8-15)18-14-5-11(16)4-3-10(14)9-17/h3-5H,6-8H2,1-2H3. The lowest BCUT2D eigenvalue weighted by atomic mass is 9.76. The fraction of sp³-hybridized carbons (Fsp3) is 0.400. The summed E-state index contributed by atoms with van der Waals surface area (Å²) in [4.78, 5) is 16.0. The monoisotopic (exact) mass is 258 g/mol. The molecule has 1 aromatic carbocycles. The van der Waals surface area contributed by atoms with Crippen molar-refractivity contribution in [3.63, 3.8) is 0 Å². The van der Waals surface area contributed by atoms with E-state index < -0.39 is 5.82 Å². The molecule has 0 radical (unpaired) electrons. The molecular weight excluding hydrogens is 243 g/mol. The molecule has 0 aliphatic heterocycles. The summed E-state index contributed by atoms with van der Waals surface area (Å²) in [5.41, 5.74) is 1.24. The third-order valence-electron chi connectivity index (χ3n) is 3.12. The van der Waals surface area contributed by atoms with Gasteiger partial charge in [0.25, 0.3) is 0 Å². The van der Waals surface area contributed by atoms with Crippen molar-refractivity contribution in [3.05, 3.63) is 29.6 Å². The average molecular weight is 258 g/mol. The Morgan fingerprint density at radius 2 is 2.11 bits per heavy atom. The normalized spacial score (nSPS) is 20.3. The first-order valence-electron chi connectivity index (χ1n) is 6.17. The van der Waals surface area contributed by atoms with E-state index in [0.717, 1.165) is 5.71 Å². The minimum atomic E-state index is -0.431. The van der Waals surface area contributed by atoms with Crippen molar-refractivity contribution in [1.29, 1.82) is 5.26 Å². The van der Waals surface area contributed by atoms with E-state index in [9.17, 15) is 9.18 Å². The molecule has 4 heteroatoms. The van der Waals surface area contributed by atoms with Crippen molar-refractivity contribution in [2.24, 2.45) is 10.4 Å². The number of aliphatic imine (C=N–C) groups is 1. The van der Waals surface area contributed by atoms with Gasteiger partial charge in [-0.1, -0.05) is 13.8 Å². The highest BCUT2D eigenvalue weighted by Gasteiger charge is 2.30. The van der Waals surface area contributed by atoms with Gasteiger partial charge in [-0.05, 0) is 24.0 Å². The maximum atomic E-state index is 13.2. The van der Waals surface area contributed by atoms with Gasteiger partial charge in [-0.15, -0.1) is 0 Å². The second kappa shape index (κ2) is 4.93. The average Bonchev–Trinajstić information content (AvgIpc) is 2.26. The summed E-state index contributed by atoms with van der Waals surface area (Å²) >= 11 is 0. The summed E-state index contributed by atoms with van der Waals surface area (Å²) in [6, 6.07) is 5.86. The topological polar surface area (TPSA) is 53.2 Å². The summed E-state index contributed by atoms with van der Waals surface area (Å²) in [6.07, 6.45) is 1.53. The van der Waals surface area contributed by atoms with Gasteiger partial charge in [-0.3, -0.25) is 9.79 Å². The number of nitrogens with zero attached hydrogens (tertiary/aromatic N) is 2. The number of ketones is 1. The van der Waals surface area contributed by atoms with Crippen LogP contribution in [0, 0.1) is 22.6 Å². The van der Waals surface area contributed by atoms with E-state index in [0.29, 0.717) is 30.5 Å². The summed E-state index contributed by atoms with van der Waals surface area (Å²) in [5.74, 6) is -0.287. The Kier molecular flexibility index (Phi) is 3.48. The lowest BCUT2D eigenvalue weighted by molar-refractivity contribution is -0.120. The number of benzene rings is 1. The Morgan fingerprint density at radius 3 is 2.74 bits per heavy atom. The molecule has 0 atom stereocenters. The maximum Gasteiger partial charge on any atom is 0.139 e.